The molecule has 0 atom stereocenters. The molecule has 0 spiro atoms. The Morgan fingerprint density at radius 1 is 1.08 bits per heavy atom. The number of benzene rings is 1. The average molecular weight is 415 g/mol. The predicted octanol–water partition coefficient (Wildman–Crippen LogP) is 4.28. The topological polar surface area (TPSA) is 51.2 Å². The molecule has 0 radical (unpaired) electrons. The van der Waals surface area contributed by atoms with E-state index in [0.717, 1.165) is 5.52 Å². The molecule has 0 saturated heterocycles. The summed E-state index contributed by atoms with van der Waals surface area (Å²) in [6.07, 6.45) is -0.135. The summed E-state index contributed by atoms with van der Waals surface area (Å²) in [5, 5.41) is 16.3. The third kappa shape index (κ3) is 7.59. The molecule has 0 aliphatic heterocycles. The molecule has 2 rings (SSSR count). The normalized spacial score (nSPS) is 15.3. The van der Waals surface area contributed by atoms with Gasteiger partial charge in [0.2, 0.25) is 17.3 Å². The second-order valence-electron chi connectivity index (χ2n) is 5.57. The van der Waals surface area contributed by atoms with Crippen LogP contribution < -0.4 is 4.85 Å². The zero-order valence-electron chi connectivity index (χ0n) is 13.5. The Morgan fingerprint density at radius 2 is 1.52 bits per heavy atom. The molecular weight excluding hydrogens is 399 g/mol. The number of aromatic nitrogens is 3. The van der Waals surface area contributed by atoms with E-state index >= 15 is 0 Å². The fourth-order valence-corrected chi connectivity index (χ4v) is 2.26. The molecule has 6 nitrogen and oxygen atoms in total. The number of hydrogen-bond acceptors (Lipinski definition) is 4. The van der Waals surface area contributed by atoms with Crippen LogP contribution in [-0.2, 0) is 0 Å². The predicted molar refractivity (Wildman–Crippen MR) is 83.7 cm³/mol. The summed E-state index contributed by atoms with van der Waals surface area (Å²) in [7, 11) is -2.92. The molecule has 0 aliphatic carbocycles. The fourth-order valence-electron chi connectivity index (χ4n) is 2.10. The molecule has 2 aromatic rings. The second kappa shape index (κ2) is 6.11. The third-order valence-electron chi connectivity index (χ3n) is 2.71. The molecule has 1 aromatic carbocycles. The van der Waals surface area contributed by atoms with Gasteiger partial charge in [-0.05, 0) is 40.3 Å². The summed E-state index contributed by atoms with van der Waals surface area (Å²) in [4.78, 5) is 4.54. The second-order valence-corrected chi connectivity index (χ2v) is 7.92. The standard InChI is InChI=1S/C11H16ClN5O.F6P/c1-14(2)11(15(3)4)16-9-6-5-8(12)7-10(9)17(18)13-16;1-7(2,3,4,5)6/h5-7,11H,1-4H3;/q;-1. The summed E-state index contributed by atoms with van der Waals surface area (Å²) >= 11 is 5.89. The van der Waals surface area contributed by atoms with Crippen LogP contribution in [0.15, 0.2) is 18.2 Å². The van der Waals surface area contributed by atoms with Gasteiger partial charge in [-0.2, -0.15) is 0 Å². The van der Waals surface area contributed by atoms with E-state index < -0.39 is 7.81 Å². The van der Waals surface area contributed by atoms with Crippen molar-refractivity contribution in [3.8, 4) is 0 Å². The van der Waals surface area contributed by atoms with Crippen LogP contribution in [0.25, 0.3) is 11.0 Å². The van der Waals surface area contributed by atoms with E-state index in [9.17, 15) is 30.4 Å². The number of rotatable bonds is 3. The number of halogens is 7. The molecule has 0 saturated carbocycles. The van der Waals surface area contributed by atoms with Gasteiger partial charge in [-0.15, -0.1) is 4.85 Å². The molecule has 0 aliphatic rings. The van der Waals surface area contributed by atoms with Crippen molar-refractivity contribution in [3.05, 3.63) is 28.4 Å². The summed E-state index contributed by atoms with van der Waals surface area (Å²) in [6, 6.07) is 5.18. The minimum absolute atomic E-state index is 0.135. The van der Waals surface area contributed by atoms with Crippen LogP contribution in [0.4, 0.5) is 25.2 Å². The fraction of sp³-hybridized carbons (Fsp3) is 0.455. The molecule has 14 heteroatoms. The monoisotopic (exact) mass is 414 g/mol. The van der Waals surface area contributed by atoms with Gasteiger partial charge in [-0.3, -0.25) is 9.80 Å². The van der Waals surface area contributed by atoms with Gasteiger partial charge in [0.05, 0.1) is 5.21 Å². The molecule has 1 heterocycles. The van der Waals surface area contributed by atoms with Gasteiger partial charge in [0.15, 0.2) is 0 Å². The van der Waals surface area contributed by atoms with Crippen molar-refractivity contribution in [2.45, 2.75) is 6.29 Å². The van der Waals surface area contributed by atoms with Crippen molar-refractivity contribution < 1.29 is 30.0 Å². The van der Waals surface area contributed by atoms with Gasteiger partial charge in [-0.1, -0.05) is 16.3 Å². The Kier molecular flexibility index (Phi) is 5.30. The first-order valence-electron chi connectivity index (χ1n) is 6.53. The van der Waals surface area contributed by atoms with Crippen LogP contribution in [0.3, 0.4) is 0 Å². The average Bonchev–Trinajstić information content (AvgIpc) is 2.61. The quantitative estimate of drug-likeness (QED) is 0.247. The van der Waals surface area contributed by atoms with Crippen molar-refractivity contribution in [1.82, 2.24) is 19.7 Å². The van der Waals surface area contributed by atoms with Gasteiger partial charge < -0.3 is 5.21 Å². The third-order valence-corrected chi connectivity index (χ3v) is 2.95. The van der Waals surface area contributed by atoms with Crippen molar-refractivity contribution >= 4 is 30.4 Å². The van der Waals surface area contributed by atoms with Crippen LogP contribution >= 0.6 is 19.4 Å². The SMILES string of the molecule is CN(C)C(N(C)C)n1n[n+]([O-])c2cc(Cl)ccc21.F[P-](F)(F)(F)(F)F. The molecule has 0 N–H and O–H groups in total. The van der Waals surface area contributed by atoms with E-state index in [-0.39, 0.29) is 6.29 Å². The van der Waals surface area contributed by atoms with E-state index in [0.29, 0.717) is 15.4 Å². The van der Waals surface area contributed by atoms with Gasteiger partial charge in [0.1, 0.15) is 0 Å². The number of nitrogens with zero attached hydrogens (tertiary/aromatic N) is 5. The van der Waals surface area contributed by atoms with E-state index in [1.807, 2.05) is 38.0 Å². The number of fused-ring (bicyclic) bond motifs is 1. The Morgan fingerprint density at radius 3 is 1.92 bits per heavy atom. The van der Waals surface area contributed by atoms with Crippen molar-refractivity contribution in [2.75, 3.05) is 28.2 Å². The van der Waals surface area contributed by atoms with Crippen molar-refractivity contribution in [2.24, 2.45) is 0 Å². The van der Waals surface area contributed by atoms with Crippen LogP contribution in [0.2, 0.25) is 5.02 Å². The first kappa shape index (κ1) is 21.7. The molecule has 1 aromatic heterocycles. The summed E-state index contributed by atoms with van der Waals surface area (Å²) in [6.45, 7) is 0. The Labute approximate surface area is 144 Å². The van der Waals surface area contributed by atoms with Crippen molar-refractivity contribution in [3.63, 3.8) is 0 Å². The molecule has 0 amide bonds. The van der Waals surface area contributed by atoms with Gasteiger partial charge in [-0.25, -0.2) is 0 Å². The van der Waals surface area contributed by atoms with Crippen LogP contribution in [-0.4, -0.2) is 47.9 Å². The molecule has 0 unspecified atom stereocenters. The molecule has 146 valence electrons. The van der Waals surface area contributed by atoms with E-state index in [2.05, 4.69) is 5.21 Å². The van der Waals surface area contributed by atoms with Crippen LogP contribution in [0, 0.1) is 5.21 Å². The zero-order chi connectivity index (χ0) is 19.9. The van der Waals surface area contributed by atoms with Gasteiger partial charge in [0.25, 0.3) is 0 Å². The first-order chi connectivity index (χ1) is 10.9. The Balaban J connectivity index is 0.000000381. The minimum atomic E-state index is -10.7. The Hall–Kier alpha value is -1.36. The Bertz CT molecular complexity index is 744. The van der Waals surface area contributed by atoms with E-state index in [1.165, 1.54) is 0 Å². The van der Waals surface area contributed by atoms with Crippen molar-refractivity contribution in [1.29, 1.82) is 0 Å². The van der Waals surface area contributed by atoms with Gasteiger partial charge in [0, 0.05) is 11.1 Å². The maximum atomic E-state index is 11.8. The van der Waals surface area contributed by atoms with E-state index in [4.69, 9.17) is 11.6 Å². The van der Waals surface area contributed by atoms with Crippen LogP contribution in [0.1, 0.15) is 6.29 Å². The van der Waals surface area contributed by atoms with Crippen LogP contribution in [0.5, 0.6) is 0 Å². The maximum absolute atomic E-state index is 11.8. The molecular formula is C11H16ClF6N5OP-. The summed E-state index contributed by atoms with van der Waals surface area (Å²) in [5.41, 5.74) is 1.22. The van der Waals surface area contributed by atoms with E-state index in [1.54, 1.807) is 22.9 Å². The summed E-state index contributed by atoms with van der Waals surface area (Å²) < 4.78 is 60.9. The molecule has 0 bridgehead atoms. The summed E-state index contributed by atoms with van der Waals surface area (Å²) in [5.74, 6) is 0. The molecule has 0 fully saturated rings. The first-order valence-corrected chi connectivity index (χ1v) is 8.94. The number of hydrogen-bond donors (Lipinski definition) is 0. The molecule has 25 heavy (non-hydrogen) atoms. The van der Waals surface area contributed by atoms with Gasteiger partial charge >= 0.3 is 33.0 Å². The zero-order valence-corrected chi connectivity index (χ0v) is 15.2.